The predicted molar refractivity (Wildman–Crippen MR) is 92.0 cm³/mol. The normalized spacial score (nSPS) is 12.3. The molecule has 2 aromatic rings. The van der Waals surface area contributed by atoms with E-state index in [0.717, 1.165) is 13.0 Å². The molecule has 21 heavy (non-hydrogen) atoms. The third kappa shape index (κ3) is 4.87. The van der Waals surface area contributed by atoms with Crippen molar-refractivity contribution >= 4 is 5.57 Å². The highest BCUT2D eigenvalue weighted by Crippen LogP contribution is 2.21. The average molecular weight is 279 g/mol. The SMILES string of the molecule is C=C(CC(NCc1ccccc1)C(C)C)c1ccccc1. The van der Waals surface area contributed by atoms with Crippen LogP contribution in [0.5, 0.6) is 0 Å². The van der Waals surface area contributed by atoms with Gasteiger partial charge in [0, 0.05) is 12.6 Å². The second-order valence-corrected chi connectivity index (χ2v) is 5.89. The molecule has 0 radical (unpaired) electrons. The molecule has 0 spiro atoms. The van der Waals surface area contributed by atoms with Crippen LogP contribution < -0.4 is 5.32 Å². The van der Waals surface area contributed by atoms with E-state index in [4.69, 9.17) is 0 Å². The molecule has 2 rings (SSSR count). The number of nitrogens with one attached hydrogen (secondary N) is 1. The summed E-state index contributed by atoms with van der Waals surface area (Å²) < 4.78 is 0. The summed E-state index contributed by atoms with van der Waals surface area (Å²) >= 11 is 0. The third-order valence-corrected chi connectivity index (χ3v) is 3.86. The van der Waals surface area contributed by atoms with Crippen LogP contribution in [0.25, 0.3) is 5.57 Å². The van der Waals surface area contributed by atoms with E-state index in [1.54, 1.807) is 0 Å². The molecule has 0 aliphatic carbocycles. The zero-order valence-corrected chi connectivity index (χ0v) is 13.0. The van der Waals surface area contributed by atoms with Crippen LogP contribution >= 0.6 is 0 Å². The standard InChI is InChI=1S/C20H25N/c1-16(2)20(21-15-18-10-6-4-7-11-18)14-17(3)19-12-8-5-9-13-19/h4-13,16,20-21H,3,14-15H2,1-2H3. The van der Waals surface area contributed by atoms with E-state index < -0.39 is 0 Å². The Kier molecular flexibility index (Phi) is 5.77. The number of benzene rings is 2. The molecule has 110 valence electrons. The highest BCUT2D eigenvalue weighted by atomic mass is 14.9. The van der Waals surface area contributed by atoms with Crippen molar-refractivity contribution in [2.24, 2.45) is 5.92 Å². The lowest BCUT2D eigenvalue weighted by molar-refractivity contribution is 0.404. The van der Waals surface area contributed by atoms with Crippen LogP contribution in [-0.4, -0.2) is 6.04 Å². The van der Waals surface area contributed by atoms with Crippen molar-refractivity contribution in [3.63, 3.8) is 0 Å². The van der Waals surface area contributed by atoms with Gasteiger partial charge in [-0.1, -0.05) is 81.1 Å². The quantitative estimate of drug-likeness (QED) is 0.759. The van der Waals surface area contributed by atoms with Gasteiger partial charge in [-0.25, -0.2) is 0 Å². The molecule has 0 aromatic heterocycles. The molecule has 0 aliphatic heterocycles. The van der Waals surface area contributed by atoms with Crippen LogP contribution in [0.15, 0.2) is 67.2 Å². The van der Waals surface area contributed by atoms with Crippen molar-refractivity contribution in [2.45, 2.75) is 32.9 Å². The lowest BCUT2D eigenvalue weighted by atomic mass is 9.93. The Hall–Kier alpha value is -1.86. The third-order valence-electron chi connectivity index (χ3n) is 3.86. The predicted octanol–water partition coefficient (Wildman–Crippen LogP) is 4.90. The van der Waals surface area contributed by atoms with Gasteiger partial charge in [-0.3, -0.25) is 0 Å². The number of hydrogen-bond acceptors (Lipinski definition) is 1. The molecule has 1 unspecified atom stereocenters. The van der Waals surface area contributed by atoms with Gasteiger partial charge in [0.25, 0.3) is 0 Å². The van der Waals surface area contributed by atoms with Gasteiger partial charge in [0.1, 0.15) is 0 Å². The first-order valence-electron chi connectivity index (χ1n) is 7.67. The van der Waals surface area contributed by atoms with Gasteiger partial charge in [-0.15, -0.1) is 0 Å². The van der Waals surface area contributed by atoms with Gasteiger partial charge in [-0.05, 0) is 29.0 Å². The minimum atomic E-state index is 0.443. The van der Waals surface area contributed by atoms with Crippen LogP contribution in [0.2, 0.25) is 0 Å². The first-order valence-corrected chi connectivity index (χ1v) is 7.67. The Balaban J connectivity index is 1.95. The zero-order chi connectivity index (χ0) is 15.1. The lowest BCUT2D eigenvalue weighted by Gasteiger charge is -2.24. The Labute approximate surface area is 128 Å². The minimum absolute atomic E-state index is 0.443. The van der Waals surface area contributed by atoms with E-state index >= 15 is 0 Å². The fourth-order valence-corrected chi connectivity index (χ4v) is 2.45. The number of hydrogen-bond donors (Lipinski definition) is 1. The molecule has 1 N–H and O–H groups in total. The largest absolute Gasteiger partial charge is 0.309 e. The van der Waals surface area contributed by atoms with Crippen LogP contribution in [-0.2, 0) is 6.54 Å². The summed E-state index contributed by atoms with van der Waals surface area (Å²) in [6, 6.07) is 21.5. The second kappa shape index (κ2) is 7.80. The van der Waals surface area contributed by atoms with Gasteiger partial charge >= 0.3 is 0 Å². The lowest BCUT2D eigenvalue weighted by Crippen LogP contribution is -2.33. The summed E-state index contributed by atoms with van der Waals surface area (Å²) in [5.74, 6) is 0.578. The topological polar surface area (TPSA) is 12.0 Å². The van der Waals surface area contributed by atoms with Crippen molar-refractivity contribution in [1.29, 1.82) is 0 Å². The average Bonchev–Trinajstić information content (AvgIpc) is 2.52. The molecular formula is C20H25N. The summed E-state index contributed by atoms with van der Waals surface area (Å²) in [7, 11) is 0. The Morgan fingerprint density at radius 1 is 0.952 bits per heavy atom. The van der Waals surface area contributed by atoms with Gasteiger partial charge in [-0.2, -0.15) is 0 Å². The summed E-state index contributed by atoms with van der Waals surface area (Å²) in [4.78, 5) is 0. The fraction of sp³-hybridized carbons (Fsp3) is 0.300. The molecule has 0 amide bonds. The van der Waals surface area contributed by atoms with E-state index in [2.05, 4.69) is 80.3 Å². The summed E-state index contributed by atoms with van der Waals surface area (Å²) in [6.07, 6.45) is 0.981. The zero-order valence-electron chi connectivity index (χ0n) is 13.0. The van der Waals surface area contributed by atoms with Crippen LogP contribution in [0.4, 0.5) is 0 Å². The Bertz CT molecular complexity index is 543. The first-order chi connectivity index (χ1) is 10.2. The van der Waals surface area contributed by atoms with Crippen LogP contribution in [0.1, 0.15) is 31.4 Å². The van der Waals surface area contributed by atoms with E-state index in [-0.39, 0.29) is 0 Å². The molecule has 0 aliphatic rings. The van der Waals surface area contributed by atoms with Crippen molar-refractivity contribution in [2.75, 3.05) is 0 Å². The maximum Gasteiger partial charge on any atom is 0.0208 e. The fourth-order valence-electron chi connectivity index (χ4n) is 2.45. The van der Waals surface area contributed by atoms with E-state index in [9.17, 15) is 0 Å². The minimum Gasteiger partial charge on any atom is -0.309 e. The van der Waals surface area contributed by atoms with Crippen molar-refractivity contribution in [1.82, 2.24) is 5.32 Å². The molecule has 0 fully saturated rings. The van der Waals surface area contributed by atoms with Crippen LogP contribution in [0.3, 0.4) is 0 Å². The second-order valence-electron chi connectivity index (χ2n) is 5.89. The maximum atomic E-state index is 4.26. The summed E-state index contributed by atoms with van der Waals surface area (Å²) in [5.41, 5.74) is 3.77. The smallest absolute Gasteiger partial charge is 0.0208 e. The molecule has 0 saturated heterocycles. The van der Waals surface area contributed by atoms with Crippen LogP contribution in [0, 0.1) is 5.92 Å². The molecule has 2 aromatic carbocycles. The van der Waals surface area contributed by atoms with Gasteiger partial charge < -0.3 is 5.32 Å². The van der Waals surface area contributed by atoms with E-state index in [1.165, 1.54) is 16.7 Å². The molecule has 0 bridgehead atoms. The highest BCUT2D eigenvalue weighted by Gasteiger charge is 2.14. The van der Waals surface area contributed by atoms with Crippen molar-refractivity contribution < 1.29 is 0 Å². The maximum absolute atomic E-state index is 4.26. The van der Waals surface area contributed by atoms with Gasteiger partial charge in [0.15, 0.2) is 0 Å². The molecule has 0 heterocycles. The molecular weight excluding hydrogens is 254 g/mol. The first kappa shape index (κ1) is 15.5. The molecule has 0 saturated carbocycles. The van der Waals surface area contributed by atoms with E-state index in [0.29, 0.717) is 12.0 Å². The molecule has 1 atom stereocenters. The monoisotopic (exact) mass is 279 g/mol. The Morgan fingerprint density at radius 3 is 2.10 bits per heavy atom. The Morgan fingerprint density at radius 2 is 1.52 bits per heavy atom. The van der Waals surface area contributed by atoms with Crippen molar-refractivity contribution in [3.8, 4) is 0 Å². The molecule has 1 heteroatoms. The van der Waals surface area contributed by atoms with Gasteiger partial charge in [0.05, 0.1) is 0 Å². The number of rotatable bonds is 7. The van der Waals surface area contributed by atoms with Crippen molar-refractivity contribution in [3.05, 3.63) is 78.4 Å². The summed E-state index contributed by atoms with van der Waals surface area (Å²) in [5, 5.41) is 3.68. The summed E-state index contributed by atoms with van der Waals surface area (Å²) in [6.45, 7) is 9.70. The molecule has 1 nitrogen and oxygen atoms in total. The van der Waals surface area contributed by atoms with Gasteiger partial charge in [0.2, 0.25) is 0 Å². The van der Waals surface area contributed by atoms with E-state index in [1.807, 2.05) is 6.07 Å². The highest BCUT2D eigenvalue weighted by molar-refractivity contribution is 5.63.